The maximum absolute atomic E-state index is 6.11. The summed E-state index contributed by atoms with van der Waals surface area (Å²) in [6.07, 6.45) is 3.11. The molecule has 0 saturated carbocycles. The summed E-state index contributed by atoms with van der Waals surface area (Å²) in [6, 6.07) is 31.3. The third-order valence-electron chi connectivity index (χ3n) is 5.43. The zero-order valence-corrected chi connectivity index (χ0v) is 16.8. The average Bonchev–Trinajstić information content (AvgIpc) is 3.20. The lowest BCUT2D eigenvalue weighted by molar-refractivity contribution is 0.482. The monoisotopic (exact) mass is 392 g/mol. The summed E-state index contributed by atoms with van der Waals surface area (Å²) in [6.45, 7) is 1.74. The van der Waals surface area contributed by atoms with E-state index in [1.807, 2.05) is 18.2 Å². The molecule has 0 aliphatic rings. The molecule has 0 aliphatic heterocycles. The molecule has 3 heteroatoms. The number of fused-ring (bicyclic) bond motifs is 2. The molecule has 0 radical (unpaired) electrons. The van der Waals surface area contributed by atoms with Crippen LogP contribution in [0.4, 0.5) is 0 Å². The van der Waals surface area contributed by atoms with E-state index in [2.05, 4.69) is 89.3 Å². The quantitative estimate of drug-likeness (QED) is 0.313. The molecule has 148 valence electrons. The average molecular weight is 393 g/mol. The van der Waals surface area contributed by atoms with Crippen molar-refractivity contribution in [3.05, 3.63) is 108 Å². The summed E-state index contributed by atoms with van der Waals surface area (Å²) >= 11 is 0. The summed E-state index contributed by atoms with van der Waals surface area (Å²) in [5.74, 6) is 1.72. The summed E-state index contributed by atoms with van der Waals surface area (Å²) in [7, 11) is 0. The summed E-state index contributed by atoms with van der Waals surface area (Å²) in [5, 5.41) is 7.27. The predicted octanol–water partition coefficient (Wildman–Crippen LogP) is 6.45. The molecule has 2 N–H and O–H groups in total. The topological polar surface area (TPSA) is 37.0 Å². The highest BCUT2D eigenvalue weighted by Crippen LogP contribution is 2.26. The predicted molar refractivity (Wildman–Crippen MR) is 124 cm³/mol. The van der Waals surface area contributed by atoms with Gasteiger partial charge in [0.2, 0.25) is 0 Å². The molecule has 3 nitrogen and oxygen atoms in total. The van der Waals surface area contributed by atoms with Crippen LogP contribution in [-0.2, 0) is 13.0 Å². The first-order valence-electron chi connectivity index (χ1n) is 10.4. The standard InChI is InChI=1S/C27H24N2O/c1-2-8-22-17-25(13-12-21(22)7-1)30-24-9-5-6-20(16-24)18-28-15-14-23-19-29-27-11-4-3-10-26(23)27/h1-13,16-17,19,28-29H,14-15,18H2. The third-order valence-corrected chi connectivity index (χ3v) is 5.43. The first-order valence-corrected chi connectivity index (χ1v) is 10.4. The van der Waals surface area contributed by atoms with E-state index < -0.39 is 0 Å². The Hall–Kier alpha value is -3.56. The van der Waals surface area contributed by atoms with Gasteiger partial charge in [0.1, 0.15) is 11.5 Å². The van der Waals surface area contributed by atoms with Crippen molar-refractivity contribution >= 4 is 21.7 Å². The Morgan fingerprint density at radius 1 is 0.733 bits per heavy atom. The second-order valence-electron chi connectivity index (χ2n) is 7.54. The van der Waals surface area contributed by atoms with Crippen molar-refractivity contribution < 1.29 is 4.74 Å². The van der Waals surface area contributed by atoms with Crippen molar-refractivity contribution in [2.45, 2.75) is 13.0 Å². The number of nitrogens with one attached hydrogen (secondary N) is 2. The highest BCUT2D eigenvalue weighted by Gasteiger charge is 2.04. The molecule has 0 amide bonds. The third kappa shape index (κ3) is 4.07. The Balaban J connectivity index is 1.19. The van der Waals surface area contributed by atoms with Gasteiger partial charge in [0.05, 0.1) is 0 Å². The van der Waals surface area contributed by atoms with Gasteiger partial charge < -0.3 is 15.0 Å². The molecule has 30 heavy (non-hydrogen) atoms. The van der Waals surface area contributed by atoms with Gasteiger partial charge >= 0.3 is 0 Å². The van der Waals surface area contributed by atoms with E-state index in [9.17, 15) is 0 Å². The number of benzene rings is 4. The summed E-state index contributed by atoms with van der Waals surface area (Å²) < 4.78 is 6.11. The summed E-state index contributed by atoms with van der Waals surface area (Å²) in [4.78, 5) is 3.34. The van der Waals surface area contributed by atoms with Gasteiger partial charge in [-0.25, -0.2) is 0 Å². The van der Waals surface area contributed by atoms with Gasteiger partial charge in [0.15, 0.2) is 0 Å². The van der Waals surface area contributed by atoms with Crippen molar-refractivity contribution in [1.82, 2.24) is 10.3 Å². The molecule has 1 aromatic heterocycles. The second kappa shape index (κ2) is 8.44. The van der Waals surface area contributed by atoms with Crippen LogP contribution in [0.2, 0.25) is 0 Å². The second-order valence-corrected chi connectivity index (χ2v) is 7.54. The molecule has 0 unspecified atom stereocenters. The van der Waals surface area contributed by atoms with Crippen LogP contribution in [0.3, 0.4) is 0 Å². The van der Waals surface area contributed by atoms with Crippen LogP contribution in [0.5, 0.6) is 11.5 Å². The van der Waals surface area contributed by atoms with Crippen LogP contribution in [-0.4, -0.2) is 11.5 Å². The van der Waals surface area contributed by atoms with E-state index in [4.69, 9.17) is 4.74 Å². The number of hydrogen-bond donors (Lipinski definition) is 2. The molecule has 0 saturated heterocycles. The van der Waals surface area contributed by atoms with Gasteiger partial charge in [-0.3, -0.25) is 0 Å². The Kier molecular flexibility index (Phi) is 5.19. The molecule has 5 aromatic rings. The minimum Gasteiger partial charge on any atom is -0.457 e. The van der Waals surface area contributed by atoms with Crippen molar-refractivity contribution in [2.75, 3.05) is 6.54 Å². The SMILES string of the molecule is c1cc(CNCCc2c[nH]c3ccccc23)cc(Oc2ccc3ccccc3c2)c1. The highest BCUT2D eigenvalue weighted by molar-refractivity contribution is 5.84. The Labute approximate surface area is 176 Å². The molecule has 1 heterocycles. The number of aromatic amines is 1. The largest absolute Gasteiger partial charge is 0.457 e. The molecule has 4 aromatic carbocycles. The van der Waals surface area contributed by atoms with E-state index in [1.54, 1.807) is 0 Å². The Bertz CT molecular complexity index is 1290. The zero-order chi connectivity index (χ0) is 20.2. The van der Waals surface area contributed by atoms with Gasteiger partial charge in [-0.2, -0.15) is 0 Å². The maximum Gasteiger partial charge on any atom is 0.128 e. The van der Waals surface area contributed by atoms with E-state index in [0.29, 0.717) is 0 Å². The van der Waals surface area contributed by atoms with E-state index in [-0.39, 0.29) is 0 Å². The number of hydrogen-bond acceptors (Lipinski definition) is 2. The Morgan fingerprint density at radius 2 is 1.57 bits per heavy atom. The van der Waals surface area contributed by atoms with Gasteiger partial charge in [0.25, 0.3) is 0 Å². The zero-order valence-electron chi connectivity index (χ0n) is 16.8. The van der Waals surface area contributed by atoms with Crippen molar-refractivity contribution in [2.24, 2.45) is 0 Å². The Morgan fingerprint density at radius 3 is 2.53 bits per heavy atom. The van der Waals surface area contributed by atoms with Crippen LogP contribution in [0, 0.1) is 0 Å². The minimum absolute atomic E-state index is 0.817. The first-order chi connectivity index (χ1) is 14.8. The number of ether oxygens (including phenoxy) is 1. The molecule has 0 bridgehead atoms. The molecule has 0 aliphatic carbocycles. The van der Waals surface area contributed by atoms with Crippen molar-refractivity contribution in [3.63, 3.8) is 0 Å². The van der Waals surface area contributed by atoms with Crippen LogP contribution in [0.1, 0.15) is 11.1 Å². The smallest absolute Gasteiger partial charge is 0.128 e. The molecular formula is C27H24N2O. The first kappa shape index (κ1) is 18.5. The van der Waals surface area contributed by atoms with Gasteiger partial charge in [-0.15, -0.1) is 0 Å². The van der Waals surface area contributed by atoms with Crippen LogP contribution in [0.15, 0.2) is 97.2 Å². The molecule has 0 fully saturated rings. The van der Waals surface area contributed by atoms with E-state index in [1.165, 1.54) is 32.8 Å². The number of rotatable bonds is 7. The number of aromatic nitrogens is 1. The van der Waals surface area contributed by atoms with Gasteiger partial charge in [0, 0.05) is 23.6 Å². The number of H-pyrrole nitrogens is 1. The fraction of sp³-hybridized carbons (Fsp3) is 0.111. The van der Waals surface area contributed by atoms with E-state index in [0.717, 1.165) is 31.0 Å². The number of para-hydroxylation sites is 1. The van der Waals surface area contributed by atoms with Crippen LogP contribution >= 0.6 is 0 Å². The summed E-state index contributed by atoms with van der Waals surface area (Å²) in [5.41, 5.74) is 3.77. The van der Waals surface area contributed by atoms with Gasteiger partial charge in [-0.1, -0.05) is 60.7 Å². The maximum atomic E-state index is 6.11. The fourth-order valence-corrected chi connectivity index (χ4v) is 3.88. The fourth-order valence-electron chi connectivity index (χ4n) is 3.88. The molecule has 0 atom stereocenters. The molecular weight excluding hydrogens is 368 g/mol. The highest BCUT2D eigenvalue weighted by atomic mass is 16.5. The molecule has 0 spiro atoms. The van der Waals surface area contributed by atoms with E-state index >= 15 is 0 Å². The molecule has 5 rings (SSSR count). The minimum atomic E-state index is 0.817. The normalized spacial score (nSPS) is 11.2. The lowest BCUT2D eigenvalue weighted by atomic mass is 10.1. The van der Waals surface area contributed by atoms with Crippen LogP contribution in [0.25, 0.3) is 21.7 Å². The lowest BCUT2D eigenvalue weighted by Gasteiger charge is -2.09. The van der Waals surface area contributed by atoms with Crippen molar-refractivity contribution in [3.8, 4) is 11.5 Å². The lowest BCUT2D eigenvalue weighted by Crippen LogP contribution is -2.16. The van der Waals surface area contributed by atoms with Crippen LogP contribution < -0.4 is 10.1 Å². The van der Waals surface area contributed by atoms with Gasteiger partial charge in [-0.05, 0) is 65.2 Å². The van der Waals surface area contributed by atoms with Crippen molar-refractivity contribution in [1.29, 1.82) is 0 Å².